The maximum Gasteiger partial charge on any atom is 0.237 e. The summed E-state index contributed by atoms with van der Waals surface area (Å²) in [5, 5.41) is 11.1. The Labute approximate surface area is 125 Å². The summed E-state index contributed by atoms with van der Waals surface area (Å²) in [4.78, 5) is 33.7. The second kappa shape index (κ2) is 12.1. The predicted molar refractivity (Wildman–Crippen MR) is 80.5 cm³/mol. The Bertz CT molecular complexity index is 336. The van der Waals surface area contributed by atoms with Gasteiger partial charge in [0, 0.05) is 13.0 Å². The van der Waals surface area contributed by atoms with Crippen molar-refractivity contribution in [1.82, 2.24) is 21.3 Å². The van der Waals surface area contributed by atoms with Gasteiger partial charge in [-0.2, -0.15) is 0 Å². The molecule has 0 aromatic rings. The minimum Gasteiger partial charge on any atom is -0.368 e. The summed E-state index contributed by atoms with van der Waals surface area (Å²) >= 11 is 0. The van der Waals surface area contributed by atoms with Crippen molar-refractivity contribution in [3.05, 3.63) is 0 Å². The Hall–Kier alpha value is -1.67. The number of rotatable bonds is 12. The van der Waals surface area contributed by atoms with Gasteiger partial charge < -0.3 is 27.0 Å². The monoisotopic (exact) mass is 301 g/mol. The van der Waals surface area contributed by atoms with E-state index in [0.717, 1.165) is 25.8 Å². The molecule has 3 amide bonds. The van der Waals surface area contributed by atoms with Crippen LogP contribution in [-0.4, -0.2) is 57.5 Å². The summed E-state index contributed by atoms with van der Waals surface area (Å²) < 4.78 is 0. The van der Waals surface area contributed by atoms with Gasteiger partial charge in [-0.3, -0.25) is 14.4 Å². The third-order valence-corrected chi connectivity index (χ3v) is 2.95. The number of hydrogen-bond donors (Lipinski definition) is 5. The summed E-state index contributed by atoms with van der Waals surface area (Å²) in [6.45, 7) is 0.980. The van der Waals surface area contributed by atoms with E-state index in [1.165, 1.54) is 0 Å². The van der Waals surface area contributed by atoms with E-state index < -0.39 is 5.91 Å². The van der Waals surface area contributed by atoms with E-state index in [-0.39, 0.29) is 37.4 Å². The van der Waals surface area contributed by atoms with E-state index in [0.29, 0.717) is 0 Å². The van der Waals surface area contributed by atoms with Gasteiger partial charge in [0.15, 0.2) is 0 Å². The van der Waals surface area contributed by atoms with Crippen LogP contribution in [0.15, 0.2) is 0 Å². The highest BCUT2D eigenvalue weighted by molar-refractivity contribution is 5.85. The number of carbonyl (C=O) groups is 3. The highest BCUT2D eigenvalue weighted by Gasteiger charge is 2.15. The quantitative estimate of drug-likeness (QED) is 0.268. The zero-order valence-corrected chi connectivity index (χ0v) is 12.8. The molecule has 0 aliphatic rings. The number of nitrogens with two attached hydrogens (primary N) is 1. The second-order valence-corrected chi connectivity index (χ2v) is 4.72. The van der Waals surface area contributed by atoms with Gasteiger partial charge in [0.05, 0.1) is 12.6 Å². The minimum atomic E-state index is -0.593. The first-order chi connectivity index (χ1) is 10.0. The lowest BCUT2D eigenvalue weighted by molar-refractivity contribution is -0.125. The molecule has 0 fully saturated rings. The van der Waals surface area contributed by atoms with Gasteiger partial charge in [-0.15, -0.1) is 0 Å². The molecule has 21 heavy (non-hydrogen) atoms. The number of carbonyl (C=O) groups excluding carboxylic acids is 3. The van der Waals surface area contributed by atoms with Gasteiger partial charge in [-0.05, 0) is 33.5 Å². The number of primary amides is 1. The molecule has 0 aromatic heterocycles. The molecule has 0 rings (SSSR count). The van der Waals surface area contributed by atoms with Crippen LogP contribution >= 0.6 is 0 Å². The highest BCUT2D eigenvalue weighted by atomic mass is 16.2. The first-order valence-electron chi connectivity index (χ1n) is 7.15. The summed E-state index contributed by atoms with van der Waals surface area (Å²) in [6.07, 6.45) is 2.82. The third-order valence-electron chi connectivity index (χ3n) is 2.95. The van der Waals surface area contributed by atoms with E-state index in [1.54, 1.807) is 7.05 Å². The Morgan fingerprint density at radius 3 is 2.33 bits per heavy atom. The van der Waals surface area contributed by atoms with Gasteiger partial charge in [-0.25, -0.2) is 0 Å². The summed E-state index contributed by atoms with van der Waals surface area (Å²) in [6, 6.07) is -0.254. The lowest BCUT2D eigenvalue weighted by Gasteiger charge is -2.15. The molecular weight excluding hydrogens is 274 g/mol. The first-order valence-corrected chi connectivity index (χ1v) is 7.15. The molecule has 1 atom stereocenters. The molecule has 0 radical (unpaired) electrons. The van der Waals surface area contributed by atoms with E-state index in [4.69, 9.17) is 5.73 Å². The average molecular weight is 301 g/mol. The molecule has 0 bridgehead atoms. The van der Waals surface area contributed by atoms with Crippen LogP contribution in [0.4, 0.5) is 0 Å². The molecule has 0 aliphatic heterocycles. The normalized spacial score (nSPS) is 11.7. The number of likely N-dealkylation sites (N-methyl/N-ethyl adjacent to an activating group) is 1. The van der Waals surface area contributed by atoms with Gasteiger partial charge in [-0.1, -0.05) is 6.42 Å². The van der Waals surface area contributed by atoms with Crippen molar-refractivity contribution in [2.75, 3.05) is 33.7 Å². The van der Waals surface area contributed by atoms with Crippen LogP contribution in [0.25, 0.3) is 0 Å². The van der Waals surface area contributed by atoms with Crippen LogP contribution in [0.3, 0.4) is 0 Å². The van der Waals surface area contributed by atoms with Crippen LogP contribution in [-0.2, 0) is 14.4 Å². The second-order valence-electron chi connectivity index (χ2n) is 4.72. The largest absolute Gasteiger partial charge is 0.368 e. The number of unbranched alkanes of at least 4 members (excludes halogenated alkanes) is 1. The molecule has 0 heterocycles. The Morgan fingerprint density at radius 2 is 1.76 bits per heavy atom. The maximum atomic E-state index is 11.9. The van der Waals surface area contributed by atoms with Crippen molar-refractivity contribution >= 4 is 17.7 Å². The van der Waals surface area contributed by atoms with Crippen molar-refractivity contribution in [3.63, 3.8) is 0 Å². The zero-order chi connectivity index (χ0) is 16.1. The Kier molecular flexibility index (Phi) is 11.1. The third kappa shape index (κ3) is 10.7. The standard InChI is InChI=1S/C13H27N5O3/c1-15-7-4-3-5-10(16-2)13(21)17-8-6-12(20)18-9-11(14)19/h10,15-16H,3-9H2,1-2H3,(H2,14,19)(H,17,21)(H,18,20)/t10-/m0/s1. The number of nitrogens with one attached hydrogen (secondary N) is 4. The van der Waals surface area contributed by atoms with E-state index >= 15 is 0 Å². The van der Waals surface area contributed by atoms with Crippen molar-refractivity contribution in [2.24, 2.45) is 5.73 Å². The lowest BCUT2D eigenvalue weighted by atomic mass is 10.1. The molecule has 8 heteroatoms. The molecule has 0 aliphatic carbocycles. The molecule has 0 spiro atoms. The van der Waals surface area contributed by atoms with Gasteiger partial charge in [0.25, 0.3) is 0 Å². The van der Waals surface area contributed by atoms with Gasteiger partial charge in [0.2, 0.25) is 17.7 Å². The van der Waals surface area contributed by atoms with Crippen LogP contribution < -0.4 is 27.0 Å². The summed E-state index contributed by atoms with van der Waals surface area (Å²) in [5.74, 6) is -1.03. The smallest absolute Gasteiger partial charge is 0.237 e. The van der Waals surface area contributed by atoms with Gasteiger partial charge >= 0.3 is 0 Å². The fraction of sp³-hybridized carbons (Fsp3) is 0.769. The minimum absolute atomic E-state index is 0.120. The molecule has 0 aromatic carbocycles. The topological polar surface area (TPSA) is 125 Å². The van der Waals surface area contributed by atoms with E-state index in [1.807, 2.05) is 7.05 Å². The van der Waals surface area contributed by atoms with Gasteiger partial charge in [0.1, 0.15) is 0 Å². The van der Waals surface area contributed by atoms with Crippen molar-refractivity contribution < 1.29 is 14.4 Å². The summed E-state index contributed by atoms with van der Waals surface area (Å²) in [7, 11) is 3.63. The fourth-order valence-electron chi connectivity index (χ4n) is 1.75. The molecule has 0 saturated carbocycles. The SMILES string of the molecule is CNCCCC[C@H](NC)C(=O)NCCC(=O)NCC(N)=O. The molecule has 6 N–H and O–H groups in total. The van der Waals surface area contributed by atoms with Crippen LogP contribution in [0.2, 0.25) is 0 Å². The molecular formula is C13H27N5O3. The van der Waals surface area contributed by atoms with Crippen molar-refractivity contribution in [1.29, 1.82) is 0 Å². The fourth-order valence-corrected chi connectivity index (χ4v) is 1.75. The maximum absolute atomic E-state index is 11.9. The van der Waals surface area contributed by atoms with E-state index in [2.05, 4.69) is 21.3 Å². The zero-order valence-electron chi connectivity index (χ0n) is 12.8. The molecule has 122 valence electrons. The van der Waals surface area contributed by atoms with Crippen molar-refractivity contribution in [3.8, 4) is 0 Å². The predicted octanol–water partition coefficient (Wildman–Crippen LogP) is -1.93. The van der Waals surface area contributed by atoms with Crippen LogP contribution in [0.1, 0.15) is 25.7 Å². The molecule has 8 nitrogen and oxygen atoms in total. The number of amides is 3. The van der Waals surface area contributed by atoms with Crippen LogP contribution in [0, 0.1) is 0 Å². The highest BCUT2D eigenvalue weighted by Crippen LogP contribution is 2.00. The van der Waals surface area contributed by atoms with E-state index in [9.17, 15) is 14.4 Å². The Morgan fingerprint density at radius 1 is 1.05 bits per heavy atom. The lowest BCUT2D eigenvalue weighted by Crippen LogP contribution is -2.44. The Balaban J connectivity index is 3.83. The van der Waals surface area contributed by atoms with Crippen LogP contribution in [0.5, 0.6) is 0 Å². The number of hydrogen-bond acceptors (Lipinski definition) is 5. The molecule has 0 saturated heterocycles. The first kappa shape index (κ1) is 19.3. The molecule has 0 unspecified atom stereocenters. The van der Waals surface area contributed by atoms with Crippen molar-refractivity contribution in [2.45, 2.75) is 31.7 Å². The average Bonchev–Trinajstić information content (AvgIpc) is 2.45. The summed E-state index contributed by atoms with van der Waals surface area (Å²) in [5.41, 5.74) is 4.91.